The summed E-state index contributed by atoms with van der Waals surface area (Å²) >= 11 is 0. The minimum absolute atomic E-state index is 0.118. The molecule has 0 spiro atoms. The van der Waals surface area contributed by atoms with E-state index in [1.807, 2.05) is 0 Å². The smallest absolute Gasteiger partial charge is 0.228 e. The molecule has 21 heavy (non-hydrogen) atoms. The number of benzene rings is 1. The average molecular weight is 288 g/mol. The number of aryl methyl sites for hydroxylation is 1. The van der Waals surface area contributed by atoms with Gasteiger partial charge in [0.1, 0.15) is 0 Å². The van der Waals surface area contributed by atoms with Gasteiger partial charge in [-0.25, -0.2) is 0 Å². The molecule has 0 bridgehead atoms. The Bertz CT molecular complexity index is 461. The number of hydrogen-bond donors (Lipinski definition) is 2. The summed E-state index contributed by atoms with van der Waals surface area (Å²) in [6, 6.07) is 8.60. The fraction of sp³-hybridized carbons (Fsp3) is 0.611. The zero-order valence-electron chi connectivity index (χ0n) is 13.5. The summed E-state index contributed by atoms with van der Waals surface area (Å²) < 4.78 is 0. The topological polar surface area (TPSA) is 41.1 Å². The molecule has 2 unspecified atom stereocenters. The molecule has 2 atom stereocenters. The SMILES string of the molecule is CCCC1(C(=O)NC(CC)c2ccc(C)cc2)CCNC1. The Kier molecular flexibility index (Phi) is 5.40. The summed E-state index contributed by atoms with van der Waals surface area (Å²) in [5.74, 6) is 0.224. The van der Waals surface area contributed by atoms with Crippen LogP contribution in [0.5, 0.6) is 0 Å². The maximum Gasteiger partial charge on any atom is 0.228 e. The van der Waals surface area contributed by atoms with Gasteiger partial charge in [-0.1, -0.05) is 50.1 Å². The zero-order chi connectivity index (χ0) is 15.3. The summed E-state index contributed by atoms with van der Waals surface area (Å²) in [5, 5.41) is 6.65. The predicted molar refractivity (Wildman–Crippen MR) is 87.2 cm³/mol. The first-order chi connectivity index (χ1) is 10.1. The Morgan fingerprint density at radius 2 is 2.05 bits per heavy atom. The van der Waals surface area contributed by atoms with Crippen molar-refractivity contribution < 1.29 is 4.79 Å². The van der Waals surface area contributed by atoms with Crippen molar-refractivity contribution in [1.82, 2.24) is 10.6 Å². The van der Waals surface area contributed by atoms with E-state index in [1.54, 1.807) is 0 Å². The largest absolute Gasteiger partial charge is 0.349 e. The van der Waals surface area contributed by atoms with E-state index in [9.17, 15) is 4.79 Å². The number of hydrogen-bond acceptors (Lipinski definition) is 2. The Morgan fingerprint density at radius 3 is 2.57 bits per heavy atom. The second kappa shape index (κ2) is 7.08. The van der Waals surface area contributed by atoms with Gasteiger partial charge in [-0.2, -0.15) is 0 Å². The minimum atomic E-state index is -0.202. The van der Waals surface area contributed by atoms with Crippen molar-refractivity contribution in [3.8, 4) is 0 Å². The maximum absolute atomic E-state index is 12.8. The van der Waals surface area contributed by atoms with Gasteiger partial charge in [0.05, 0.1) is 11.5 Å². The van der Waals surface area contributed by atoms with Gasteiger partial charge in [-0.3, -0.25) is 4.79 Å². The van der Waals surface area contributed by atoms with Gasteiger partial charge in [-0.15, -0.1) is 0 Å². The van der Waals surface area contributed by atoms with Gasteiger partial charge in [0.25, 0.3) is 0 Å². The lowest BCUT2D eigenvalue weighted by Gasteiger charge is -2.29. The van der Waals surface area contributed by atoms with Gasteiger partial charge in [0, 0.05) is 6.54 Å². The molecule has 2 rings (SSSR count). The van der Waals surface area contributed by atoms with Crippen LogP contribution >= 0.6 is 0 Å². The quantitative estimate of drug-likeness (QED) is 0.843. The van der Waals surface area contributed by atoms with Crippen LogP contribution in [-0.2, 0) is 4.79 Å². The standard InChI is InChI=1S/C18H28N2O/c1-4-10-18(11-12-19-13-18)17(21)20-16(5-2)15-8-6-14(3)7-9-15/h6-9,16,19H,4-5,10-13H2,1-3H3,(H,20,21). The van der Waals surface area contributed by atoms with Crippen LogP contribution in [0, 0.1) is 12.3 Å². The molecule has 2 N–H and O–H groups in total. The van der Waals surface area contributed by atoms with Crippen molar-refractivity contribution in [2.24, 2.45) is 5.41 Å². The normalized spacial score (nSPS) is 23.0. The van der Waals surface area contributed by atoms with Crippen LogP contribution in [0.4, 0.5) is 0 Å². The van der Waals surface area contributed by atoms with E-state index in [1.165, 1.54) is 11.1 Å². The molecule has 3 heteroatoms. The highest BCUT2D eigenvalue weighted by Crippen LogP contribution is 2.32. The van der Waals surface area contributed by atoms with Crippen molar-refractivity contribution in [2.75, 3.05) is 13.1 Å². The van der Waals surface area contributed by atoms with Crippen molar-refractivity contribution >= 4 is 5.91 Å². The first-order valence-corrected chi connectivity index (χ1v) is 8.19. The average Bonchev–Trinajstić information content (AvgIpc) is 2.96. The number of nitrogens with one attached hydrogen (secondary N) is 2. The molecule has 1 aliphatic rings. The Morgan fingerprint density at radius 1 is 1.33 bits per heavy atom. The Hall–Kier alpha value is -1.35. The molecule has 3 nitrogen and oxygen atoms in total. The van der Waals surface area contributed by atoms with Gasteiger partial charge >= 0.3 is 0 Å². The lowest BCUT2D eigenvalue weighted by atomic mass is 9.81. The molecular weight excluding hydrogens is 260 g/mol. The van der Waals surface area contributed by atoms with Gasteiger partial charge in [0.2, 0.25) is 5.91 Å². The van der Waals surface area contributed by atoms with Crippen LogP contribution in [0.15, 0.2) is 24.3 Å². The van der Waals surface area contributed by atoms with E-state index in [-0.39, 0.29) is 17.4 Å². The number of rotatable bonds is 6. The Balaban J connectivity index is 2.10. The summed E-state index contributed by atoms with van der Waals surface area (Å²) in [7, 11) is 0. The van der Waals surface area contributed by atoms with Gasteiger partial charge in [-0.05, 0) is 38.3 Å². The van der Waals surface area contributed by atoms with Crippen molar-refractivity contribution in [3.63, 3.8) is 0 Å². The molecule has 1 aliphatic heterocycles. The van der Waals surface area contributed by atoms with Gasteiger partial charge in [0.15, 0.2) is 0 Å². The molecule has 1 saturated heterocycles. The highest BCUT2D eigenvalue weighted by Gasteiger charge is 2.40. The second-order valence-corrected chi connectivity index (χ2v) is 6.30. The molecule has 0 aromatic heterocycles. The first-order valence-electron chi connectivity index (χ1n) is 8.19. The van der Waals surface area contributed by atoms with E-state index in [2.05, 4.69) is 55.7 Å². The van der Waals surface area contributed by atoms with Crippen LogP contribution in [0.1, 0.15) is 56.7 Å². The third-order valence-corrected chi connectivity index (χ3v) is 4.65. The first kappa shape index (κ1) is 16.0. The lowest BCUT2D eigenvalue weighted by Crippen LogP contribution is -2.43. The third kappa shape index (κ3) is 3.65. The highest BCUT2D eigenvalue weighted by molar-refractivity contribution is 5.83. The van der Waals surface area contributed by atoms with Crippen LogP contribution < -0.4 is 10.6 Å². The number of amides is 1. The Labute approximate surface area is 128 Å². The highest BCUT2D eigenvalue weighted by atomic mass is 16.2. The minimum Gasteiger partial charge on any atom is -0.349 e. The predicted octanol–water partition coefficient (Wildman–Crippen LogP) is 3.34. The monoisotopic (exact) mass is 288 g/mol. The second-order valence-electron chi connectivity index (χ2n) is 6.30. The van der Waals surface area contributed by atoms with Gasteiger partial charge < -0.3 is 10.6 Å². The summed E-state index contributed by atoms with van der Waals surface area (Å²) in [6.07, 6.45) is 3.90. The molecule has 116 valence electrons. The van der Waals surface area contributed by atoms with E-state index in [0.717, 1.165) is 38.8 Å². The lowest BCUT2D eigenvalue weighted by molar-refractivity contribution is -0.131. The van der Waals surface area contributed by atoms with E-state index in [4.69, 9.17) is 0 Å². The molecule has 1 heterocycles. The van der Waals surface area contributed by atoms with E-state index >= 15 is 0 Å². The number of carbonyl (C=O) groups is 1. The zero-order valence-corrected chi connectivity index (χ0v) is 13.5. The van der Waals surface area contributed by atoms with E-state index in [0.29, 0.717) is 0 Å². The molecule has 0 saturated carbocycles. The molecule has 0 radical (unpaired) electrons. The molecule has 0 aliphatic carbocycles. The van der Waals surface area contributed by atoms with E-state index < -0.39 is 0 Å². The fourth-order valence-corrected chi connectivity index (χ4v) is 3.27. The molecular formula is C18H28N2O. The third-order valence-electron chi connectivity index (χ3n) is 4.65. The van der Waals surface area contributed by atoms with Crippen LogP contribution in [-0.4, -0.2) is 19.0 Å². The molecule has 1 amide bonds. The summed E-state index contributed by atoms with van der Waals surface area (Å²) in [4.78, 5) is 12.8. The molecule has 1 fully saturated rings. The van der Waals surface area contributed by atoms with Crippen LogP contribution in [0.25, 0.3) is 0 Å². The van der Waals surface area contributed by atoms with Crippen LogP contribution in [0.3, 0.4) is 0 Å². The van der Waals surface area contributed by atoms with Crippen molar-refractivity contribution in [2.45, 2.75) is 52.5 Å². The van der Waals surface area contributed by atoms with Crippen molar-refractivity contribution in [3.05, 3.63) is 35.4 Å². The maximum atomic E-state index is 12.8. The fourth-order valence-electron chi connectivity index (χ4n) is 3.27. The summed E-state index contributed by atoms with van der Waals surface area (Å²) in [5.41, 5.74) is 2.25. The molecule has 1 aromatic rings. The van der Waals surface area contributed by atoms with Crippen LogP contribution in [0.2, 0.25) is 0 Å². The summed E-state index contributed by atoms with van der Waals surface area (Å²) in [6.45, 7) is 8.14. The molecule has 1 aromatic carbocycles. The number of carbonyl (C=O) groups excluding carboxylic acids is 1. The van der Waals surface area contributed by atoms with Crippen molar-refractivity contribution in [1.29, 1.82) is 0 Å².